The molecule has 0 aliphatic heterocycles. The number of aliphatic hydroxyl groups is 1. The van der Waals surface area contributed by atoms with E-state index in [0.29, 0.717) is 5.92 Å². The molecule has 3 aromatic carbocycles. The molecule has 4 aromatic rings. The summed E-state index contributed by atoms with van der Waals surface area (Å²) in [4.78, 5) is 4.79. The number of hydrogen-bond acceptors (Lipinski definition) is 2. The van der Waals surface area contributed by atoms with Gasteiger partial charge in [-0.15, -0.1) is 0 Å². The van der Waals surface area contributed by atoms with Crippen LogP contribution in [0.2, 0.25) is 0 Å². The lowest BCUT2D eigenvalue weighted by molar-refractivity contribution is 0.0775. The quantitative estimate of drug-likeness (QED) is 0.323. The summed E-state index contributed by atoms with van der Waals surface area (Å²) in [6.45, 7) is 8.09. The van der Waals surface area contributed by atoms with E-state index in [4.69, 9.17) is 4.98 Å². The zero-order valence-electron chi connectivity index (χ0n) is 20.0. The molecule has 0 radical (unpaired) electrons. The van der Waals surface area contributed by atoms with Crippen LogP contribution in [0.5, 0.6) is 0 Å². The predicted octanol–water partition coefficient (Wildman–Crippen LogP) is 7.68. The highest BCUT2D eigenvalue weighted by atomic mass is 16.3. The summed E-state index contributed by atoms with van der Waals surface area (Å²) in [5.41, 5.74) is 7.17. The normalized spacial score (nSPS) is 13.0. The van der Waals surface area contributed by atoms with Gasteiger partial charge in [0.15, 0.2) is 0 Å². The molecule has 0 bridgehead atoms. The van der Waals surface area contributed by atoms with Gasteiger partial charge in [-0.25, -0.2) is 4.98 Å². The first-order valence-corrected chi connectivity index (χ1v) is 11.8. The Morgan fingerprint density at radius 1 is 0.909 bits per heavy atom. The number of fused-ring (bicyclic) bond motifs is 1. The van der Waals surface area contributed by atoms with Crippen molar-refractivity contribution in [1.29, 1.82) is 0 Å². The third-order valence-corrected chi connectivity index (χ3v) is 6.32. The molecular weight excluding hydrogens is 402 g/mol. The second-order valence-corrected chi connectivity index (χ2v) is 9.59. The molecule has 0 aliphatic rings. The summed E-state index contributed by atoms with van der Waals surface area (Å²) in [6.07, 6.45) is 6.21. The number of aryl methyl sites for hydroxylation is 2. The maximum Gasteiger partial charge on any atom is 0.0843 e. The number of benzene rings is 3. The Labute approximate surface area is 197 Å². The monoisotopic (exact) mass is 435 g/mol. The van der Waals surface area contributed by atoms with Crippen LogP contribution < -0.4 is 0 Å². The minimum absolute atomic E-state index is 0.426. The van der Waals surface area contributed by atoms with E-state index in [9.17, 15) is 5.11 Å². The SMILES string of the molecule is Cc1ccc2ccc(/C=C/c3cccc([C@@H](C)CCc4ccccc4C(C)(C)O)c3)nc2c1. The highest BCUT2D eigenvalue weighted by Gasteiger charge is 2.19. The van der Waals surface area contributed by atoms with Crippen molar-refractivity contribution in [1.82, 2.24) is 4.98 Å². The molecule has 33 heavy (non-hydrogen) atoms. The second-order valence-electron chi connectivity index (χ2n) is 9.59. The van der Waals surface area contributed by atoms with Crippen LogP contribution in [0.4, 0.5) is 0 Å². The van der Waals surface area contributed by atoms with Crippen LogP contribution in [0.1, 0.15) is 66.6 Å². The molecule has 0 aliphatic carbocycles. The fourth-order valence-electron chi connectivity index (χ4n) is 4.36. The van der Waals surface area contributed by atoms with Gasteiger partial charge in [-0.2, -0.15) is 0 Å². The van der Waals surface area contributed by atoms with E-state index in [-0.39, 0.29) is 0 Å². The molecule has 2 nitrogen and oxygen atoms in total. The summed E-state index contributed by atoms with van der Waals surface area (Å²) >= 11 is 0. The van der Waals surface area contributed by atoms with Gasteiger partial charge in [0.1, 0.15) is 0 Å². The third kappa shape index (κ3) is 5.77. The summed E-state index contributed by atoms with van der Waals surface area (Å²) in [5.74, 6) is 0.426. The molecule has 0 spiro atoms. The van der Waals surface area contributed by atoms with Crippen molar-refractivity contribution < 1.29 is 5.11 Å². The molecule has 4 rings (SSSR count). The van der Waals surface area contributed by atoms with Gasteiger partial charge in [0, 0.05) is 5.39 Å². The van der Waals surface area contributed by atoms with Crippen molar-refractivity contribution in [3.63, 3.8) is 0 Å². The van der Waals surface area contributed by atoms with Crippen LogP contribution in [-0.4, -0.2) is 10.1 Å². The molecule has 0 amide bonds. The molecule has 1 atom stereocenters. The lowest BCUT2D eigenvalue weighted by Gasteiger charge is -2.22. The van der Waals surface area contributed by atoms with E-state index in [0.717, 1.165) is 29.6 Å². The summed E-state index contributed by atoms with van der Waals surface area (Å²) in [5, 5.41) is 11.7. The van der Waals surface area contributed by atoms with Gasteiger partial charge < -0.3 is 5.11 Å². The topological polar surface area (TPSA) is 33.1 Å². The first-order valence-electron chi connectivity index (χ1n) is 11.8. The Balaban J connectivity index is 1.47. The number of aromatic nitrogens is 1. The highest BCUT2D eigenvalue weighted by Crippen LogP contribution is 2.28. The fourth-order valence-corrected chi connectivity index (χ4v) is 4.36. The Morgan fingerprint density at radius 3 is 2.52 bits per heavy atom. The minimum Gasteiger partial charge on any atom is -0.386 e. The Morgan fingerprint density at radius 2 is 1.70 bits per heavy atom. The number of hydrogen-bond donors (Lipinski definition) is 1. The van der Waals surface area contributed by atoms with Crippen molar-refractivity contribution in [2.24, 2.45) is 0 Å². The molecule has 0 saturated carbocycles. The minimum atomic E-state index is -0.819. The van der Waals surface area contributed by atoms with Crippen LogP contribution in [0.25, 0.3) is 23.1 Å². The Bertz CT molecular complexity index is 1280. The van der Waals surface area contributed by atoms with Crippen LogP contribution in [-0.2, 0) is 12.0 Å². The first-order chi connectivity index (χ1) is 15.8. The zero-order valence-corrected chi connectivity index (χ0v) is 20.0. The number of rotatable bonds is 7. The van der Waals surface area contributed by atoms with Gasteiger partial charge in [0.25, 0.3) is 0 Å². The first kappa shape index (κ1) is 22.9. The van der Waals surface area contributed by atoms with E-state index in [2.05, 4.69) is 92.7 Å². The molecule has 1 N–H and O–H groups in total. The van der Waals surface area contributed by atoms with Crippen LogP contribution in [0.3, 0.4) is 0 Å². The average Bonchev–Trinajstić information content (AvgIpc) is 2.80. The standard InChI is InChI=1S/C31H33NO/c1-22-12-15-26-17-19-28(32-30(26)20-22)18-14-24-8-7-10-27(21-24)23(2)13-16-25-9-5-6-11-29(25)31(3,4)33/h5-12,14-15,17-21,23,33H,13,16H2,1-4H3/b18-14+/t23-/m0/s1. The lowest BCUT2D eigenvalue weighted by Crippen LogP contribution is -2.18. The number of pyridine rings is 1. The van der Waals surface area contributed by atoms with Crippen molar-refractivity contribution in [3.05, 3.63) is 112 Å². The Hall–Kier alpha value is -3.23. The van der Waals surface area contributed by atoms with Gasteiger partial charge in [0.05, 0.1) is 16.8 Å². The maximum atomic E-state index is 10.5. The van der Waals surface area contributed by atoms with Crippen molar-refractivity contribution in [2.45, 2.75) is 52.1 Å². The van der Waals surface area contributed by atoms with Crippen LogP contribution in [0.15, 0.2) is 78.9 Å². The van der Waals surface area contributed by atoms with E-state index < -0.39 is 5.60 Å². The fraction of sp³-hybridized carbons (Fsp3) is 0.258. The van der Waals surface area contributed by atoms with E-state index >= 15 is 0 Å². The van der Waals surface area contributed by atoms with Crippen LogP contribution in [0, 0.1) is 6.92 Å². The summed E-state index contributed by atoms with van der Waals surface area (Å²) < 4.78 is 0. The van der Waals surface area contributed by atoms with Crippen molar-refractivity contribution in [3.8, 4) is 0 Å². The van der Waals surface area contributed by atoms with E-state index in [1.165, 1.54) is 27.6 Å². The van der Waals surface area contributed by atoms with Gasteiger partial charge >= 0.3 is 0 Å². The van der Waals surface area contributed by atoms with E-state index in [1.807, 2.05) is 26.0 Å². The van der Waals surface area contributed by atoms with Gasteiger partial charge in [-0.1, -0.05) is 79.7 Å². The molecule has 168 valence electrons. The summed E-state index contributed by atoms with van der Waals surface area (Å²) in [7, 11) is 0. The third-order valence-electron chi connectivity index (χ3n) is 6.32. The average molecular weight is 436 g/mol. The molecular formula is C31H33NO. The highest BCUT2D eigenvalue weighted by molar-refractivity contribution is 5.81. The molecule has 1 heterocycles. The van der Waals surface area contributed by atoms with Gasteiger partial charge in [-0.05, 0) is 85.6 Å². The van der Waals surface area contributed by atoms with Crippen molar-refractivity contribution in [2.75, 3.05) is 0 Å². The van der Waals surface area contributed by atoms with E-state index in [1.54, 1.807) is 0 Å². The van der Waals surface area contributed by atoms with Gasteiger partial charge in [-0.3, -0.25) is 0 Å². The van der Waals surface area contributed by atoms with Gasteiger partial charge in [0.2, 0.25) is 0 Å². The predicted molar refractivity (Wildman–Crippen MR) is 140 cm³/mol. The molecule has 0 unspecified atom stereocenters. The number of nitrogens with zero attached hydrogens (tertiary/aromatic N) is 1. The summed E-state index contributed by atoms with van der Waals surface area (Å²) in [6, 6.07) is 27.6. The van der Waals surface area contributed by atoms with Crippen molar-refractivity contribution >= 4 is 23.1 Å². The lowest BCUT2D eigenvalue weighted by atomic mass is 9.87. The second kappa shape index (κ2) is 9.72. The van der Waals surface area contributed by atoms with Crippen LogP contribution >= 0.6 is 0 Å². The molecule has 1 aromatic heterocycles. The largest absolute Gasteiger partial charge is 0.386 e. The molecule has 0 fully saturated rings. The Kier molecular flexibility index (Phi) is 6.76. The molecule has 2 heteroatoms. The zero-order chi connectivity index (χ0) is 23.4. The maximum absolute atomic E-state index is 10.5. The molecule has 0 saturated heterocycles. The smallest absolute Gasteiger partial charge is 0.0843 e.